The van der Waals surface area contributed by atoms with Crippen LogP contribution in [0, 0.1) is 0 Å². The van der Waals surface area contributed by atoms with Gasteiger partial charge in [0.1, 0.15) is 11.9 Å². The molecule has 3 rings (SSSR count). The molecule has 1 aromatic heterocycles. The first kappa shape index (κ1) is 9.95. The second-order valence-electron chi connectivity index (χ2n) is 3.98. The minimum Gasteiger partial charge on any atom is -0.488 e. The van der Waals surface area contributed by atoms with Crippen molar-refractivity contribution in [3.8, 4) is 5.75 Å². The van der Waals surface area contributed by atoms with E-state index in [-0.39, 0.29) is 6.10 Å². The van der Waals surface area contributed by atoms with Crippen LogP contribution in [0.4, 0.5) is 11.9 Å². The highest BCUT2D eigenvalue weighted by molar-refractivity contribution is 5.38. The van der Waals surface area contributed by atoms with Crippen molar-refractivity contribution >= 4 is 11.9 Å². The molecular formula is C11H13N5O. The van der Waals surface area contributed by atoms with E-state index >= 15 is 0 Å². The molecule has 17 heavy (non-hydrogen) atoms. The molecule has 2 heterocycles. The lowest BCUT2D eigenvalue weighted by atomic mass is 10.1. The molecule has 1 aliphatic rings. The molecule has 2 aromatic rings. The number of anilines is 2. The van der Waals surface area contributed by atoms with Gasteiger partial charge in [-0.15, -0.1) is 5.10 Å². The van der Waals surface area contributed by atoms with E-state index in [4.69, 9.17) is 10.5 Å². The maximum atomic E-state index is 5.78. The van der Waals surface area contributed by atoms with Crippen molar-refractivity contribution in [2.24, 2.45) is 0 Å². The zero-order valence-electron chi connectivity index (χ0n) is 9.18. The van der Waals surface area contributed by atoms with Crippen LogP contribution in [0.3, 0.4) is 0 Å². The van der Waals surface area contributed by atoms with E-state index in [0.29, 0.717) is 18.4 Å². The molecule has 1 aliphatic heterocycles. The van der Waals surface area contributed by atoms with Crippen molar-refractivity contribution in [2.45, 2.75) is 12.5 Å². The van der Waals surface area contributed by atoms with E-state index in [0.717, 1.165) is 12.2 Å². The Morgan fingerprint density at radius 3 is 3.12 bits per heavy atom. The first-order valence-corrected chi connectivity index (χ1v) is 5.47. The normalized spacial score (nSPS) is 17.5. The molecule has 0 amide bonds. The maximum absolute atomic E-state index is 5.78. The third-order valence-electron chi connectivity index (χ3n) is 2.70. The number of nitrogens with one attached hydrogen (secondary N) is 2. The number of hydrogen-bond acceptors (Lipinski definition) is 5. The summed E-state index contributed by atoms with van der Waals surface area (Å²) < 4.78 is 5.78. The molecule has 0 spiro atoms. The summed E-state index contributed by atoms with van der Waals surface area (Å²) in [5.41, 5.74) is 6.68. The molecular weight excluding hydrogens is 218 g/mol. The van der Waals surface area contributed by atoms with E-state index in [9.17, 15) is 0 Å². The molecule has 6 heteroatoms. The predicted molar refractivity (Wildman–Crippen MR) is 63.8 cm³/mol. The van der Waals surface area contributed by atoms with Crippen LogP contribution in [0.2, 0.25) is 0 Å². The highest BCUT2D eigenvalue weighted by Crippen LogP contribution is 2.27. The van der Waals surface area contributed by atoms with Gasteiger partial charge in [0.15, 0.2) is 0 Å². The Balaban J connectivity index is 1.59. The third kappa shape index (κ3) is 2.01. The van der Waals surface area contributed by atoms with Crippen LogP contribution >= 0.6 is 0 Å². The highest BCUT2D eigenvalue weighted by Gasteiger charge is 2.22. The molecule has 1 atom stereocenters. The van der Waals surface area contributed by atoms with Gasteiger partial charge in [-0.05, 0) is 11.6 Å². The van der Waals surface area contributed by atoms with Gasteiger partial charge >= 0.3 is 0 Å². The van der Waals surface area contributed by atoms with Crippen LogP contribution in [0.5, 0.6) is 5.75 Å². The molecule has 0 radical (unpaired) electrons. The van der Waals surface area contributed by atoms with Gasteiger partial charge < -0.3 is 15.8 Å². The predicted octanol–water partition coefficient (Wildman–Crippen LogP) is 0.802. The molecule has 0 saturated carbocycles. The van der Waals surface area contributed by atoms with E-state index in [1.807, 2.05) is 18.2 Å². The number of aromatic amines is 1. The first-order chi connectivity index (χ1) is 8.31. The van der Waals surface area contributed by atoms with Crippen LogP contribution in [-0.2, 0) is 6.42 Å². The summed E-state index contributed by atoms with van der Waals surface area (Å²) in [4.78, 5) is 3.97. The lowest BCUT2D eigenvalue weighted by Crippen LogP contribution is -2.24. The number of nitrogen functional groups attached to an aromatic ring is 1. The second-order valence-corrected chi connectivity index (χ2v) is 3.98. The number of hydrogen-bond donors (Lipinski definition) is 3. The Morgan fingerprint density at radius 1 is 1.47 bits per heavy atom. The van der Waals surface area contributed by atoms with Crippen LogP contribution < -0.4 is 15.8 Å². The molecule has 1 unspecified atom stereocenters. The number of ether oxygens (including phenoxy) is 1. The maximum Gasteiger partial charge on any atom is 0.243 e. The summed E-state index contributed by atoms with van der Waals surface area (Å²) in [5.74, 6) is 1.78. The average molecular weight is 231 g/mol. The summed E-state index contributed by atoms with van der Waals surface area (Å²) in [6.45, 7) is 0.659. The highest BCUT2D eigenvalue weighted by atomic mass is 16.5. The van der Waals surface area contributed by atoms with Crippen LogP contribution in [-0.4, -0.2) is 27.8 Å². The Bertz CT molecular complexity index is 499. The van der Waals surface area contributed by atoms with Crippen LogP contribution in [0.15, 0.2) is 24.3 Å². The summed E-state index contributed by atoms with van der Waals surface area (Å²) in [5, 5.41) is 9.56. The second kappa shape index (κ2) is 3.97. The zero-order valence-corrected chi connectivity index (χ0v) is 9.18. The summed E-state index contributed by atoms with van der Waals surface area (Å²) in [6.07, 6.45) is 1.02. The molecule has 0 aliphatic carbocycles. The third-order valence-corrected chi connectivity index (χ3v) is 2.70. The largest absolute Gasteiger partial charge is 0.488 e. The molecule has 6 nitrogen and oxygen atoms in total. The van der Waals surface area contributed by atoms with Crippen molar-refractivity contribution in [1.29, 1.82) is 0 Å². The SMILES string of the molecule is Nc1nc(NCC2Cc3ccccc3O2)n[nH]1. The van der Waals surface area contributed by atoms with Crippen molar-refractivity contribution in [3.63, 3.8) is 0 Å². The fourth-order valence-corrected chi connectivity index (χ4v) is 1.93. The number of fused-ring (bicyclic) bond motifs is 1. The summed E-state index contributed by atoms with van der Waals surface area (Å²) in [7, 11) is 0. The fraction of sp³-hybridized carbons (Fsp3) is 0.273. The van der Waals surface area contributed by atoms with Crippen molar-refractivity contribution in [2.75, 3.05) is 17.6 Å². The average Bonchev–Trinajstić information content (AvgIpc) is 2.91. The quantitative estimate of drug-likeness (QED) is 0.727. The van der Waals surface area contributed by atoms with Gasteiger partial charge in [0.05, 0.1) is 6.54 Å². The van der Waals surface area contributed by atoms with Gasteiger partial charge in [0.2, 0.25) is 11.9 Å². The minimum atomic E-state index is 0.118. The Hall–Kier alpha value is -2.24. The smallest absolute Gasteiger partial charge is 0.243 e. The number of para-hydroxylation sites is 1. The number of nitrogens with zero attached hydrogens (tertiary/aromatic N) is 2. The molecule has 1 aromatic carbocycles. The van der Waals surface area contributed by atoms with E-state index in [2.05, 4.69) is 26.6 Å². The number of aromatic nitrogens is 3. The molecule has 4 N–H and O–H groups in total. The van der Waals surface area contributed by atoms with Gasteiger partial charge in [0.25, 0.3) is 0 Å². The Labute approximate surface area is 98.2 Å². The topological polar surface area (TPSA) is 88.8 Å². The lowest BCUT2D eigenvalue weighted by molar-refractivity contribution is 0.246. The van der Waals surface area contributed by atoms with E-state index in [1.54, 1.807) is 0 Å². The van der Waals surface area contributed by atoms with Crippen molar-refractivity contribution in [1.82, 2.24) is 15.2 Å². The van der Waals surface area contributed by atoms with Crippen molar-refractivity contribution < 1.29 is 4.74 Å². The fourth-order valence-electron chi connectivity index (χ4n) is 1.93. The molecule has 0 bridgehead atoms. The van der Waals surface area contributed by atoms with E-state index < -0.39 is 0 Å². The van der Waals surface area contributed by atoms with Gasteiger partial charge in [-0.3, -0.25) is 0 Å². The zero-order chi connectivity index (χ0) is 11.7. The number of H-pyrrole nitrogens is 1. The summed E-state index contributed by atoms with van der Waals surface area (Å²) in [6, 6.07) is 8.07. The molecule has 0 fully saturated rings. The van der Waals surface area contributed by atoms with Crippen molar-refractivity contribution in [3.05, 3.63) is 29.8 Å². The van der Waals surface area contributed by atoms with Crippen LogP contribution in [0.1, 0.15) is 5.56 Å². The minimum absolute atomic E-state index is 0.118. The van der Waals surface area contributed by atoms with Gasteiger partial charge in [-0.1, -0.05) is 18.2 Å². The van der Waals surface area contributed by atoms with E-state index in [1.165, 1.54) is 5.56 Å². The van der Waals surface area contributed by atoms with Gasteiger partial charge in [0, 0.05) is 6.42 Å². The van der Waals surface area contributed by atoms with Crippen LogP contribution in [0.25, 0.3) is 0 Å². The number of rotatable bonds is 3. The van der Waals surface area contributed by atoms with Gasteiger partial charge in [-0.25, -0.2) is 5.10 Å². The number of benzene rings is 1. The monoisotopic (exact) mass is 231 g/mol. The number of nitrogens with two attached hydrogens (primary N) is 1. The molecule has 88 valence electrons. The standard InChI is InChI=1S/C11H13N5O/c12-10-14-11(16-15-10)13-6-8-5-7-3-1-2-4-9(7)17-8/h1-4,8H,5-6H2,(H4,12,13,14,15,16). The molecule has 0 saturated heterocycles. The first-order valence-electron chi connectivity index (χ1n) is 5.47. The van der Waals surface area contributed by atoms with Gasteiger partial charge in [-0.2, -0.15) is 4.98 Å². The Kier molecular flexibility index (Phi) is 2.32. The Morgan fingerprint density at radius 2 is 2.35 bits per heavy atom. The lowest BCUT2D eigenvalue weighted by Gasteiger charge is -2.10. The summed E-state index contributed by atoms with van der Waals surface area (Å²) >= 11 is 0.